The standard InChI is InChI=1S/C21H20FN3O/c1-15(16-7-3-2-4-8-16)25-21(26)18-11-19(14-23-12-18)24-13-17-9-5-6-10-20(17)22/h2-12,14-15,24H,13H2,1H3,(H,25,26). The Labute approximate surface area is 152 Å². The summed E-state index contributed by atoms with van der Waals surface area (Å²) in [5.74, 6) is -0.470. The highest BCUT2D eigenvalue weighted by Crippen LogP contribution is 2.15. The van der Waals surface area contributed by atoms with Crippen molar-refractivity contribution in [2.75, 3.05) is 5.32 Å². The lowest BCUT2D eigenvalue weighted by Crippen LogP contribution is -2.26. The number of nitrogens with zero attached hydrogens (tertiary/aromatic N) is 1. The number of amides is 1. The summed E-state index contributed by atoms with van der Waals surface area (Å²) in [6.45, 7) is 2.25. The maximum absolute atomic E-state index is 13.7. The molecule has 5 heteroatoms. The number of anilines is 1. The highest BCUT2D eigenvalue weighted by molar-refractivity contribution is 5.94. The average Bonchev–Trinajstić information content (AvgIpc) is 2.68. The molecule has 1 amide bonds. The zero-order chi connectivity index (χ0) is 18.4. The van der Waals surface area contributed by atoms with E-state index in [2.05, 4.69) is 15.6 Å². The molecule has 1 unspecified atom stereocenters. The second-order valence-corrected chi connectivity index (χ2v) is 6.01. The van der Waals surface area contributed by atoms with Crippen LogP contribution in [0.5, 0.6) is 0 Å². The van der Waals surface area contributed by atoms with E-state index in [0.717, 1.165) is 5.56 Å². The molecule has 0 radical (unpaired) electrons. The molecule has 0 aliphatic rings. The van der Waals surface area contributed by atoms with Crippen LogP contribution in [0.4, 0.5) is 10.1 Å². The topological polar surface area (TPSA) is 54.0 Å². The Morgan fingerprint density at radius 3 is 2.58 bits per heavy atom. The van der Waals surface area contributed by atoms with Crippen LogP contribution in [0.3, 0.4) is 0 Å². The van der Waals surface area contributed by atoms with Gasteiger partial charge < -0.3 is 10.6 Å². The minimum Gasteiger partial charge on any atom is -0.380 e. The zero-order valence-corrected chi connectivity index (χ0v) is 14.4. The predicted octanol–water partition coefficient (Wildman–Crippen LogP) is 4.32. The van der Waals surface area contributed by atoms with Gasteiger partial charge in [0, 0.05) is 24.5 Å². The normalized spacial score (nSPS) is 11.6. The second-order valence-electron chi connectivity index (χ2n) is 6.01. The van der Waals surface area contributed by atoms with Crippen molar-refractivity contribution in [3.63, 3.8) is 0 Å². The summed E-state index contributed by atoms with van der Waals surface area (Å²) in [5, 5.41) is 6.06. The summed E-state index contributed by atoms with van der Waals surface area (Å²) in [5.41, 5.74) is 2.70. The van der Waals surface area contributed by atoms with Gasteiger partial charge in [-0.25, -0.2) is 4.39 Å². The summed E-state index contributed by atoms with van der Waals surface area (Å²) < 4.78 is 13.7. The van der Waals surface area contributed by atoms with Crippen molar-refractivity contribution in [2.45, 2.75) is 19.5 Å². The molecule has 132 valence electrons. The number of halogens is 1. The third kappa shape index (κ3) is 4.45. The van der Waals surface area contributed by atoms with Gasteiger partial charge in [-0.3, -0.25) is 9.78 Å². The van der Waals surface area contributed by atoms with E-state index >= 15 is 0 Å². The summed E-state index contributed by atoms with van der Waals surface area (Å²) >= 11 is 0. The number of rotatable bonds is 6. The van der Waals surface area contributed by atoms with Crippen molar-refractivity contribution in [1.82, 2.24) is 10.3 Å². The van der Waals surface area contributed by atoms with Crippen LogP contribution in [-0.4, -0.2) is 10.9 Å². The molecule has 2 N–H and O–H groups in total. The summed E-state index contributed by atoms with van der Waals surface area (Å²) in [6.07, 6.45) is 3.12. The largest absolute Gasteiger partial charge is 0.380 e. The molecule has 0 saturated heterocycles. The van der Waals surface area contributed by atoms with Gasteiger partial charge in [-0.15, -0.1) is 0 Å². The molecular formula is C21H20FN3O. The highest BCUT2D eigenvalue weighted by atomic mass is 19.1. The Hall–Kier alpha value is -3.21. The lowest BCUT2D eigenvalue weighted by atomic mass is 10.1. The van der Waals surface area contributed by atoms with E-state index in [1.807, 2.05) is 37.3 Å². The minimum absolute atomic E-state index is 0.112. The number of aromatic nitrogens is 1. The Balaban J connectivity index is 1.65. The van der Waals surface area contributed by atoms with Gasteiger partial charge in [-0.1, -0.05) is 48.5 Å². The van der Waals surface area contributed by atoms with Crippen LogP contribution in [0.15, 0.2) is 73.1 Å². The first-order valence-corrected chi connectivity index (χ1v) is 8.41. The lowest BCUT2D eigenvalue weighted by molar-refractivity contribution is 0.0939. The summed E-state index contributed by atoms with van der Waals surface area (Å²) in [4.78, 5) is 16.6. The molecule has 0 bridgehead atoms. The first kappa shape index (κ1) is 17.6. The van der Waals surface area contributed by atoms with Gasteiger partial charge in [-0.05, 0) is 24.6 Å². The fourth-order valence-electron chi connectivity index (χ4n) is 2.60. The Bertz CT molecular complexity index is 883. The van der Waals surface area contributed by atoms with E-state index in [1.165, 1.54) is 12.3 Å². The van der Waals surface area contributed by atoms with Crippen molar-refractivity contribution in [2.24, 2.45) is 0 Å². The molecule has 4 nitrogen and oxygen atoms in total. The van der Waals surface area contributed by atoms with Crippen LogP contribution < -0.4 is 10.6 Å². The van der Waals surface area contributed by atoms with Crippen LogP contribution in [0.2, 0.25) is 0 Å². The van der Waals surface area contributed by atoms with Crippen molar-refractivity contribution < 1.29 is 9.18 Å². The average molecular weight is 349 g/mol. The number of hydrogen-bond acceptors (Lipinski definition) is 3. The van der Waals surface area contributed by atoms with Gasteiger partial charge in [0.2, 0.25) is 0 Å². The maximum atomic E-state index is 13.7. The van der Waals surface area contributed by atoms with Gasteiger partial charge in [-0.2, -0.15) is 0 Å². The molecule has 0 aliphatic heterocycles. The monoisotopic (exact) mass is 349 g/mol. The molecule has 1 aromatic heterocycles. The first-order chi connectivity index (χ1) is 12.6. The molecule has 0 spiro atoms. The van der Waals surface area contributed by atoms with Crippen LogP contribution in [0.1, 0.15) is 34.5 Å². The summed E-state index contributed by atoms with van der Waals surface area (Å²) in [7, 11) is 0. The molecule has 1 atom stereocenters. The molecule has 2 aromatic carbocycles. The van der Waals surface area contributed by atoms with E-state index in [0.29, 0.717) is 23.4 Å². The number of nitrogens with one attached hydrogen (secondary N) is 2. The predicted molar refractivity (Wildman–Crippen MR) is 100 cm³/mol. The van der Waals surface area contributed by atoms with Crippen LogP contribution in [0.25, 0.3) is 0 Å². The third-order valence-corrected chi connectivity index (χ3v) is 4.09. The second kappa shape index (κ2) is 8.25. The smallest absolute Gasteiger partial charge is 0.253 e. The Morgan fingerprint density at radius 1 is 1.08 bits per heavy atom. The molecule has 0 saturated carbocycles. The van der Waals surface area contributed by atoms with Crippen LogP contribution >= 0.6 is 0 Å². The fraction of sp³-hybridized carbons (Fsp3) is 0.143. The van der Waals surface area contributed by atoms with E-state index in [-0.39, 0.29) is 17.8 Å². The minimum atomic E-state index is -0.265. The number of benzene rings is 2. The highest BCUT2D eigenvalue weighted by Gasteiger charge is 2.12. The fourth-order valence-corrected chi connectivity index (χ4v) is 2.60. The molecule has 1 heterocycles. The van der Waals surface area contributed by atoms with Gasteiger partial charge in [0.1, 0.15) is 5.82 Å². The van der Waals surface area contributed by atoms with Crippen molar-refractivity contribution >= 4 is 11.6 Å². The molecule has 26 heavy (non-hydrogen) atoms. The van der Waals surface area contributed by atoms with E-state index in [1.54, 1.807) is 30.5 Å². The van der Waals surface area contributed by atoms with Crippen LogP contribution in [-0.2, 0) is 6.54 Å². The molecule has 3 aromatic rings. The number of carbonyl (C=O) groups is 1. The van der Waals surface area contributed by atoms with E-state index in [4.69, 9.17) is 0 Å². The summed E-state index contributed by atoms with van der Waals surface area (Å²) in [6, 6.07) is 17.9. The number of hydrogen-bond donors (Lipinski definition) is 2. The van der Waals surface area contributed by atoms with Gasteiger partial charge in [0.05, 0.1) is 17.3 Å². The van der Waals surface area contributed by atoms with Crippen molar-refractivity contribution in [1.29, 1.82) is 0 Å². The molecule has 3 rings (SSSR count). The van der Waals surface area contributed by atoms with Gasteiger partial charge in [0.25, 0.3) is 5.91 Å². The molecule has 0 aliphatic carbocycles. The van der Waals surface area contributed by atoms with Crippen molar-refractivity contribution in [3.8, 4) is 0 Å². The lowest BCUT2D eigenvalue weighted by Gasteiger charge is -2.14. The van der Waals surface area contributed by atoms with E-state index < -0.39 is 0 Å². The van der Waals surface area contributed by atoms with Gasteiger partial charge >= 0.3 is 0 Å². The van der Waals surface area contributed by atoms with Crippen LogP contribution in [0, 0.1) is 5.82 Å². The Kier molecular flexibility index (Phi) is 5.59. The SMILES string of the molecule is CC(NC(=O)c1cncc(NCc2ccccc2F)c1)c1ccccc1. The maximum Gasteiger partial charge on any atom is 0.253 e. The molecule has 0 fully saturated rings. The third-order valence-electron chi connectivity index (χ3n) is 4.09. The van der Waals surface area contributed by atoms with E-state index in [9.17, 15) is 9.18 Å². The number of pyridine rings is 1. The zero-order valence-electron chi connectivity index (χ0n) is 14.4. The Morgan fingerprint density at radius 2 is 1.81 bits per heavy atom. The quantitative estimate of drug-likeness (QED) is 0.697. The molecular weight excluding hydrogens is 329 g/mol. The van der Waals surface area contributed by atoms with Crippen molar-refractivity contribution in [3.05, 3.63) is 95.6 Å². The first-order valence-electron chi connectivity index (χ1n) is 8.41. The van der Waals surface area contributed by atoms with Gasteiger partial charge in [0.15, 0.2) is 0 Å². The number of carbonyl (C=O) groups excluding carboxylic acids is 1.